The van der Waals surface area contributed by atoms with Gasteiger partial charge in [-0.15, -0.1) is 0 Å². The second kappa shape index (κ2) is 6.06. The minimum Gasteiger partial charge on any atom is -0.478 e. The number of carbonyl (C=O) groups is 1. The summed E-state index contributed by atoms with van der Waals surface area (Å²) in [5.74, 6) is -0.882. The molecule has 0 radical (unpaired) electrons. The number of rotatable bonds is 4. The standard InChI is InChI=1S/C15H21NO3/c1-11-5-6-14(13(10-11)15(18)19)16-8-3-2-4-12(16)7-9-17/h5-6,10,12,17H,2-4,7-9H2,1H3,(H,18,19). The van der Waals surface area contributed by atoms with Gasteiger partial charge in [0.25, 0.3) is 0 Å². The summed E-state index contributed by atoms with van der Waals surface area (Å²) in [5.41, 5.74) is 2.11. The lowest BCUT2D eigenvalue weighted by atomic mass is 9.97. The Kier molecular flexibility index (Phi) is 4.43. The van der Waals surface area contributed by atoms with Crippen LogP contribution < -0.4 is 4.90 Å². The van der Waals surface area contributed by atoms with E-state index in [-0.39, 0.29) is 12.6 Å². The zero-order valence-corrected chi connectivity index (χ0v) is 11.3. The van der Waals surface area contributed by atoms with Crippen molar-refractivity contribution in [3.63, 3.8) is 0 Å². The Morgan fingerprint density at radius 2 is 2.21 bits per heavy atom. The second-order valence-corrected chi connectivity index (χ2v) is 5.18. The Balaban J connectivity index is 2.35. The highest BCUT2D eigenvalue weighted by atomic mass is 16.4. The molecule has 2 N–H and O–H groups in total. The predicted molar refractivity (Wildman–Crippen MR) is 74.8 cm³/mol. The van der Waals surface area contributed by atoms with Crippen LogP contribution in [-0.4, -0.2) is 35.4 Å². The molecule has 1 aliphatic rings. The van der Waals surface area contributed by atoms with Gasteiger partial charge in [0, 0.05) is 19.2 Å². The molecule has 1 aromatic rings. The van der Waals surface area contributed by atoms with E-state index in [9.17, 15) is 9.90 Å². The highest BCUT2D eigenvalue weighted by molar-refractivity contribution is 5.94. The largest absolute Gasteiger partial charge is 0.478 e. The molecule has 0 aromatic heterocycles. The van der Waals surface area contributed by atoms with Crippen molar-refractivity contribution in [3.05, 3.63) is 29.3 Å². The Bertz CT molecular complexity index is 457. The van der Waals surface area contributed by atoms with Gasteiger partial charge >= 0.3 is 5.97 Å². The van der Waals surface area contributed by atoms with Crippen LogP contribution in [0.1, 0.15) is 41.6 Å². The number of aliphatic hydroxyl groups is 1. The molecule has 1 heterocycles. The molecule has 4 nitrogen and oxygen atoms in total. The lowest BCUT2D eigenvalue weighted by Crippen LogP contribution is -2.41. The van der Waals surface area contributed by atoms with Crippen LogP contribution in [0.3, 0.4) is 0 Å². The molecule has 104 valence electrons. The third kappa shape index (κ3) is 3.07. The lowest BCUT2D eigenvalue weighted by Gasteiger charge is -2.38. The topological polar surface area (TPSA) is 60.8 Å². The fourth-order valence-electron chi connectivity index (χ4n) is 2.84. The van der Waals surface area contributed by atoms with Gasteiger partial charge in [0.05, 0.1) is 11.3 Å². The van der Waals surface area contributed by atoms with E-state index in [1.807, 2.05) is 19.1 Å². The summed E-state index contributed by atoms with van der Waals surface area (Å²) in [6.45, 7) is 2.92. The van der Waals surface area contributed by atoms with Crippen LogP contribution in [0.25, 0.3) is 0 Å². The molecule has 1 aromatic carbocycles. The van der Waals surface area contributed by atoms with Crippen LogP contribution in [0.2, 0.25) is 0 Å². The van der Waals surface area contributed by atoms with Gasteiger partial charge in [0.15, 0.2) is 0 Å². The highest BCUT2D eigenvalue weighted by Crippen LogP contribution is 2.30. The second-order valence-electron chi connectivity index (χ2n) is 5.18. The van der Waals surface area contributed by atoms with Gasteiger partial charge in [-0.25, -0.2) is 4.79 Å². The van der Waals surface area contributed by atoms with E-state index in [2.05, 4.69) is 4.90 Å². The summed E-state index contributed by atoms with van der Waals surface area (Å²) in [4.78, 5) is 13.6. The summed E-state index contributed by atoms with van der Waals surface area (Å²) < 4.78 is 0. The SMILES string of the molecule is Cc1ccc(N2CCCCC2CCO)c(C(=O)O)c1. The van der Waals surface area contributed by atoms with Gasteiger partial charge in [0.2, 0.25) is 0 Å². The van der Waals surface area contributed by atoms with Crippen molar-refractivity contribution in [1.82, 2.24) is 0 Å². The fraction of sp³-hybridized carbons (Fsp3) is 0.533. The van der Waals surface area contributed by atoms with Crippen molar-refractivity contribution in [2.24, 2.45) is 0 Å². The number of piperidine rings is 1. The Morgan fingerprint density at radius 3 is 2.89 bits per heavy atom. The molecule has 0 aliphatic carbocycles. The predicted octanol–water partition coefficient (Wildman–Crippen LogP) is 2.43. The van der Waals surface area contributed by atoms with Crippen molar-refractivity contribution < 1.29 is 15.0 Å². The summed E-state index contributed by atoms with van der Waals surface area (Å²) in [6.07, 6.45) is 3.95. The van der Waals surface area contributed by atoms with E-state index in [1.165, 1.54) is 0 Å². The number of aromatic carboxylic acids is 1. The minimum atomic E-state index is -0.882. The van der Waals surface area contributed by atoms with E-state index in [0.29, 0.717) is 12.0 Å². The quantitative estimate of drug-likeness (QED) is 0.876. The number of hydrogen-bond donors (Lipinski definition) is 2. The maximum absolute atomic E-state index is 11.4. The van der Waals surface area contributed by atoms with Crippen LogP contribution in [0.15, 0.2) is 18.2 Å². The number of benzene rings is 1. The molecule has 1 fully saturated rings. The maximum atomic E-state index is 11.4. The molecule has 0 saturated carbocycles. The molecule has 0 spiro atoms. The van der Waals surface area contributed by atoms with Crippen LogP contribution >= 0.6 is 0 Å². The van der Waals surface area contributed by atoms with Crippen LogP contribution in [0, 0.1) is 6.92 Å². The molecular formula is C15H21NO3. The van der Waals surface area contributed by atoms with Gasteiger partial charge in [-0.3, -0.25) is 0 Å². The van der Waals surface area contributed by atoms with Crippen molar-refractivity contribution >= 4 is 11.7 Å². The molecule has 1 atom stereocenters. The van der Waals surface area contributed by atoms with Crippen LogP contribution in [-0.2, 0) is 0 Å². The zero-order valence-electron chi connectivity index (χ0n) is 11.3. The first-order valence-electron chi connectivity index (χ1n) is 6.85. The third-order valence-electron chi connectivity index (χ3n) is 3.78. The fourth-order valence-corrected chi connectivity index (χ4v) is 2.84. The van der Waals surface area contributed by atoms with Crippen LogP contribution in [0.5, 0.6) is 0 Å². The molecule has 0 amide bonds. The monoisotopic (exact) mass is 263 g/mol. The summed E-state index contributed by atoms with van der Waals surface area (Å²) in [7, 11) is 0. The number of nitrogens with zero attached hydrogens (tertiary/aromatic N) is 1. The molecule has 4 heteroatoms. The molecule has 19 heavy (non-hydrogen) atoms. The average Bonchev–Trinajstić information content (AvgIpc) is 2.40. The van der Waals surface area contributed by atoms with Gasteiger partial charge in [-0.1, -0.05) is 11.6 Å². The number of aliphatic hydroxyl groups excluding tert-OH is 1. The van der Waals surface area contributed by atoms with E-state index < -0.39 is 5.97 Å². The van der Waals surface area contributed by atoms with Gasteiger partial charge in [-0.2, -0.15) is 0 Å². The number of aryl methyl sites for hydroxylation is 1. The molecule has 1 saturated heterocycles. The lowest BCUT2D eigenvalue weighted by molar-refractivity contribution is 0.0697. The number of carboxylic acids is 1. The molecule has 1 unspecified atom stereocenters. The van der Waals surface area contributed by atoms with E-state index in [0.717, 1.165) is 37.1 Å². The summed E-state index contributed by atoms with van der Waals surface area (Å²) in [5, 5.41) is 18.5. The highest BCUT2D eigenvalue weighted by Gasteiger charge is 2.25. The number of carboxylic acid groups (broad SMARTS) is 1. The summed E-state index contributed by atoms with van der Waals surface area (Å²) in [6, 6.07) is 5.82. The van der Waals surface area contributed by atoms with E-state index in [1.54, 1.807) is 6.07 Å². The smallest absolute Gasteiger partial charge is 0.337 e. The van der Waals surface area contributed by atoms with Crippen molar-refractivity contribution in [3.8, 4) is 0 Å². The first-order valence-corrected chi connectivity index (χ1v) is 6.85. The molecular weight excluding hydrogens is 242 g/mol. The van der Waals surface area contributed by atoms with Gasteiger partial charge in [0.1, 0.15) is 0 Å². The Hall–Kier alpha value is -1.55. The van der Waals surface area contributed by atoms with Crippen molar-refractivity contribution in [2.75, 3.05) is 18.1 Å². The molecule has 2 rings (SSSR count). The minimum absolute atomic E-state index is 0.148. The van der Waals surface area contributed by atoms with Gasteiger partial charge in [-0.05, 0) is 44.7 Å². The Labute approximate surface area is 113 Å². The third-order valence-corrected chi connectivity index (χ3v) is 3.78. The average molecular weight is 263 g/mol. The van der Waals surface area contributed by atoms with E-state index >= 15 is 0 Å². The maximum Gasteiger partial charge on any atom is 0.337 e. The first-order chi connectivity index (χ1) is 9.13. The first kappa shape index (κ1) is 13.9. The van der Waals surface area contributed by atoms with Crippen LogP contribution in [0.4, 0.5) is 5.69 Å². The summed E-state index contributed by atoms with van der Waals surface area (Å²) >= 11 is 0. The van der Waals surface area contributed by atoms with Gasteiger partial charge < -0.3 is 15.1 Å². The normalized spacial score (nSPS) is 19.5. The Morgan fingerprint density at radius 1 is 1.42 bits per heavy atom. The van der Waals surface area contributed by atoms with Crippen molar-refractivity contribution in [2.45, 2.75) is 38.6 Å². The zero-order chi connectivity index (χ0) is 13.8. The molecule has 1 aliphatic heterocycles. The molecule has 0 bridgehead atoms. The van der Waals surface area contributed by atoms with E-state index in [4.69, 9.17) is 5.11 Å². The number of anilines is 1. The number of hydrogen-bond acceptors (Lipinski definition) is 3. The van der Waals surface area contributed by atoms with Crippen molar-refractivity contribution in [1.29, 1.82) is 0 Å².